The third-order valence-corrected chi connectivity index (χ3v) is 7.52. The molecule has 1 amide bonds. The van der Waals surface area contributed by atoms with Crippen LogP contribution in [0.2, 0.25) is 0 Å². The number of carbonyl (C=O) groups is 1. The molecule has 0 N–H and O–H groups in total. The van der Waals surface area contributed by atoms with Crippen LogP contribution in [0.1, 0.15) is 35.2 Å². The Kier molecular flexibility index (Phi) is 6.93. The molecule has 0 atom stereocenters. The maximum Gasteiger partial charge on any atom is 0.286 e. The molecule has 5 rings (SSSR count). The van der Waals surface area contributed by atoms with Crippen molar-refractivity contribution in [3.05, 3.63) is 112 Å². The molecule has 172 valence electrons. The van der Waals surface area contributed by atoms with Gasteiger partial charge in [-0.1, -0.05) is 91.9 Å². The third-order valence-electron chi connectivity index (χ3n) is 6.48. The Labute approximate surface area is 206 Å². The van der Waals surface area contributed by atoms with Crippen LogP contribution >= 0.6 is 11.8 Å². The number of aryl methyl sites for hydroxylation is 1. The Morgan fingerprint density at radius 2 is 1.44 bits per heavy atom. The molecule has 0 bridgehead atoms. The standard InChI is InChI=1S/C29H29N3OS/c1-2-22-13-15-23(16-14-22)21-26-28(33)30-29(34-26)32-19-17-31(18-20-32)27(24-9-5-3-6-10-24)25-11-7-4-8-12-25/h3-16,21,27H,2,17-20H2,1H3/b26-21-. The molecule has 2 heterocycles. The maximum atomic E-state index is 12.6. The normalized spacial score (nSPS) is 18.1. The van der Waals surface area contributed by atoms with Crippen LogP contribution < -0.4 is 0 Å². The lowest BCUT2D eigenvalue weighted by Gasteiger charge is -2.40. The van der Waals surface area contributed by atoms with E-state index in [1.807, 2.05) is 6.08 Å². The summed E-state index contributed by atoms with van der Waals surface area (Å²) in [5.41, 5.74) is 4.96. The zero-order chi connectivity index (χ0) is 23.3. The predicted molar refractivity (Wildman–Crippen MR) is 142 cm³/mol. The van der Waals surface area contributed by atoms with Crippen LogP contribution in [0.4, 0.5) is 0 Å². The van der Waals surface area contributed by atoms with E-state index in [4.69, 9.17) is 0 Å². The number of carbonyl (C=O) groups excluding carboxylic acids is 1. The van der Waals surface area contributed by atoms with E-state index in [1.165, 1.54) is 28.5 Å². The summed E-state index contributed by atoms with van der Waals surface area (Å²) in [6.45, 7) is 5.69. The van der Waals surface area contributed by atoms with Crippen LogP contribution in [-0.4, -0.2) is 47.1 Å². The second-order valence-electron chi connectivity index (χ2n) is 8.65. The molecule has 0 spiro atoms. The zero-order valence-electron chi connectivity index (χ0n) is 19.4. The fourth-order valence-corrected chi connectivity index (χ4v) is 5.56. The summed E-state index contributed by atoms with van der Waals surface area (Å²) in [6.07, 6.45) is 2.97. The maximum absolute atomic E-state index is 12.6. The van der Waals surface area contributed by atoms with Gasteiger partial charge in [-0.2, -0.15) is 4.99 Å². The van der Waals surface area contributed by atoms with Gasteiger partial charge in [-0.15, -0.1) is 0 Å². The number of amides is 1. The van der Waals surface area contributed by atoms with Crippen LogP contribution in [0.5, 0.6) is 0 Å². The van der Waals surface area contributed by atoms with Crippen LogP contribution in [0.25, 0.3) is 6.08 Å². The van der Waals surface area contributed by atoms with E-state index in [-0.39, 0.29) is 11.9 Å². The second kappa shape index (κ2) is 10.4. The Balaban J connectivity index is 1.27. The lowest BCUT2D eigenvalue weighted by Crippen LogP contribution is -2.49. The number of amidine groups is 1. The van der Waals surface area contributed by atoms with Gasteiger partial charge in [-0.25, -0.2) is 0 Å². The number of hydrogen-bond acceptors (Lipinski definition) is 4. The summed E-state index contributed by atoms with van der Waals surface area (Å²) < 4.78 is 0. The van der Waals surface area contributed by atoms with Gasteiger partial charge >= 0.3 is 0 Å². The molecule has 1 saturated heterocycles. The molecule has 0 unspecified atom stereocenters. The van der Waals surface area contributed by atoms with E-state index in [0.29, 0.717) is 4.91 Å². The van der Waals surface area contributed by atoms with Crippen LogP contribution in [-0.2, 0) is 11.2 Å². The van der Waals surface area contributed by atoms with Gasteiger partial charge in [-0.3, -0.25) is 9.69 Å². The van der Waals surface area contributed by atoms with Crippen LogP contribution in [0.3, 0.4) is 0 Å². The first-order chi connectivity index (χ1) is 16.7. The third kappa shape index (κ3) is 5.01. The van der Waals surface area contributed by atoms with Crippen molar-refractivity contribution in [1.82, 2.24) is 9.80 Å². The fraction of sp³-hybridized carbons (Fsp3) is 0.241. The van der Waals surface area contributed by atoms with Crippen molar-refractivity contribution in [1.29, 1.82) is 0 Å². The van der Waals surface area contributed by atoms with Gasteiger partial charge in [0.25, 0.3) is 5.91 Å². The van der Waals surface area contributed by atoms with E-state index < -0.39 is 0 Å². The smallest absolute Gasteiger partial charge is 0.286 e. The molecule has 0 radical (unpaired) electrons. The number of hydrogen-bond donors (Lipinski definition) is 0. The molecule has 1 fully saturated rings. The van der Waals surface area contributed by atoms with Gasteiger partial charge < -0.3 is 4.90 Å². The molecule has 34 heavy (non-hydrogen) atoms. The highest BCUT2D eigenvalue weighted by Gasteiger charge is 2.31. The molecule has 3 aromatic carbocycles. The van der Waals surface area contributed by atoms with Gasteiger partial charge in [0.15, 0.2) is 5.17 Å². The zero-order valence-corrected chi connectivity index (χ0v) is 20.2. The first kappa shape index (κ1) is 22.6. The molecule has 4 nitrogen and oxygen atoms in total. The van der Waals surface area contributed by atoms with Crippen molar-refractivity contribution in [3.63, 3.8) is 0 Å². The van der Waals surface area contributed by atoms with E-state index in [0.717, 1.165) is 43.3 Å². The highest BCUT2D eigenvalue weighted by molar-refractivity contribution is 8.18. The van der Waals surface area contributed by atoms with Crippen molar-refractivity contribution in [2.45, 2.75) is 19.4 Å². The minimum absolute atomic E-state index is 0.131. The molecule has 0 aliphatic carbocycles. The molecule has 0 aromatic heterocycles. The fourth-order valence-electron chi connectivity index (χ4n) is 4.59. The number of rotatable bonds is 5. The SMILES string of the molecule is CCc1ccc(/C=C2\SC(N3CCN(C(c4ccccc4)c4ccccc4)CC3)=NC2=O)cc1. The number of benzene rings is 3. The minimum Gasteiger partial charge on any atom is -0.348 e. The first-order valence-electron chi connectivity index (χ1n) is 11.9. The molecule has 3 aromatic rings. The van der Waals surface area contributed by atoms with Crippen LogP contribution in [0, 0.1) is 0 Å². The summed E-state index contributed by atoms with van der Waals surface area (Å²) in [5.74, 6) is -0.131. The highest BCUT2D eigenvalue weighted by atomic mass is 32.2. The van der Waals surface area contributed by atoms with Crippen molar-refractivity contribution < 1.29 is 4.79 Å². The molecule has 0 saturated carbocycles. The van der Waals surface area contributed by atoms with Crippen LogP contribution in [0.15, 0.2) is 94.8 Å². The molecule has 2 aliphatic rings. The molecule has 2 aliphatic heterocycles. The Morgan fingerprint density at radius 3 is 2.00 bits per heavy atom. The number of aliphatic imine (C=N–C) groups is 1. The monoisotopic (exact) mass is 467 g/mol. The molecule has 5 heteroatoms. The predicted octanol–water partition coefficient (Wildman–Crippen LogP) is 5.63. The summed E-state index contributed by atoms with van der Waals surface area (Å²) in [5, 5.41) is 0.831. The van der Waals surface area contributed by atoms with Crippen molar-refractivity contribution in [3.8, 4) is 0 Å². The van der Waals surface area contributed by atoms with Gasteiger partial charge in [0.05, 0.1) is 10.9 Å². The van der Waals surface area contributed by atoms with E-state index in [1.54, 1.807) is 0 Å². The lowest BCUT2D eigenvalue weighted by atomic mass is 9.96. The summed E-state index contributed by atoms with van der Waals surface area (Å²) in [6, 6.07) is 30.0. The minimum atomic E-state index is -0.131. The summed E-state index contributed by atoms with van der Waals surface area (Å²) in [4.78, 5) is 22.5. The molecular formula is C29H29N3OS. The van der Waals surface area contributed by atoms with Gasteiger partial charge in [0, 0.05) is 26.2 Å². The number of piperazine rings is 1. The second-order valence-corrected chi connectivity index (χ2v) is 9.66. The topological polar surface area (TPSA) is 35.9 Å². The summed E-state index contributed by atoms with van der Waals surface area (Å²) >= 11 is 1.50. The first-order valence-corrected chi connectivity index (χ1v) is 12.7. The van der Waals surface area contributed by atoms with Gasteiger partial charge in [0.2, 0.25) is 0 Å². The quantitative estimate of drug-likeness (QED) is 0.456. The lowest BCUT2D eigenvalue weighted by molar-refractivity contribution is -0.113. The largest absolute Gasteiger partial charge is 0.348 e. The van der Waals surface area contributed by atoms with E-state index in [9.17, 15) is 4.79 Å². The Morgan fingerprint density at radius 1 is 0.853 bits per heavy atom. The van der Waals surface area contributed by atoms with E-state index >= 15 is 0 Å². The van der Waals surface area contributed by atoms with Gasteiger partial charge in [0.1, 0.15) is 0 Å². The Hall–Kier alpha value is -3.15. The molecular weight excluding hydrogens is 438 g/mol. The van der Waals surface area contributed by atoms with E-state index in [2.05, 4.69) is 107 Å². The number of nitrogens with zero attached hydrogens (tertiary/aromatic N) is 3. The average molecular weight is 468 g/mol. The van der Waals surface area contributed by atoms with Crippen molar-refractivity contribution in [2.75, 3.05) is 26.2 Å². The highest BCUT2D eigenvalue weighted by Crippen LogP contribution is 2.33. The average Bonchev–Trinajstić information content (AvgIpc) is 3.26. The Bertz CT molecular complexity index is 1140. The summed E-state index contributed by atoms with van der Waals surface area (Å²) in [7, 11) is 0. The van der Waals surface area contributed by atoms with Crippen molar-refractivity contribution in [2.24, 2.45) is 4.99 Å². The van der Waals surface area contributed by atoms with Crippen molar-refractivity contribution >= 4 is 28.9 Å². The number of thioether (sulfide) groups is 1. The van der Waals surface area contributed by atoms with Gasteiger partial charge in [-0.05, 0) is 46.5 Å².